The maximum atomic E-state index is 11.9. The van der Waals surface area contributed by atoms with E-state index in [1.807, 2.05) is 6.07 Å². The highest BCUT2D eigenvalue weighted by atomic mass is 35.5. The van der Waals surface area contributed by atoms with Gasteiger partial charge in [0.1, 0.15) is 6.04 Å². The summed E-state index contributed by atoms with van der Waals surface area (Å²) >= 11 is 5.89. The van der Waals surface area contributed by atoms with Gasteiger partial charge in [-0.25, -0.2) is 0 Å². The van der Waals surface area contributed by atoms with E-state index < -0.39 is 17.9 Å². The highest BCUT2D eigenvalue weighted by Gasteiger charge is 2.19. The van der Waals surface area contributed by atoms with Crippen LogP contribution in [0.3, 0.4) is 0 Å². The molecule has 6 heteroatoms. The molecule has 0 aromatic heterocycles. The molecule has 1 aromatic rings. The van der Waals surface area contributed by atoms with Gasteiger partial charge in [-0.2, -0.15) is 5.26 Å². The van der Waals surface area contributed by atoms with Crippen LogP contribution in [-0.4, -0.2) is 17.9 Å². The minimum atomic E-state index is -0.794. The fourth-order valence-electron chi connectivity index (χ4n) is 1.55. The number of carbonyl (C=O) groups is 2. The van der Waals surface area contributed by atoms with Crippen LogP contribution >= 0.6 is 11.6 Å². The van der Waals surface area contributed by atoms with Crippen LogP contribution in [0, 0.1) is 11.3 Å². The molecule has 100 valence electrons. The zero-order chi connectivity index (χ0) is 14.3. The molecule has 5 nitrogen and oxygen atoms in total. The molecule has 3 N–H and O–H groups in total. The molecule has 0 fully saturated rings. The summed E-state index contributed by atoms with van der Waals surface area (Å²) in [5.41, 5.74) is 5.50. The van der Waals surface area contributed by atoms with Gasteiger partial charge in [0.15, 0.2) is 0 Å². The van der Waals surface area contributed by atoms with Gasteiger partial charge in [-0.05, 0) is 25.0 Å². The summed E-state index contributed by atoms with van der Waals surface area (Å²) in [5.74, 6) is -1.08. The number of hydrogen-bond donors (Lipinski definition) is 2. The number of halogens is 1. The SMILES string of the molecule is N#CCCC[C@@H](NC(=O)c1ccccc1Cl)C(N)=O. The molecule has 1 rings (SSSR count). The molecule has 0 unspecified atom stereocenters. The number of benzene rings is 1. The molecule has 0 aliphatic heterocycles. The van der Waals surface area contributed by atoms with Gasteiger partial charge in [0.25, 0.3) is 5.91 Å². The van der Waals surface area contributed by atoms with Gasteiger partial charge in [0.2, 0.25) is 5.91 Å². The van der Waals surface area contributed by atoms with E-state index in [0.717, 1.165) is 0 Å². The average Bonchev–Trinajstić information content (AvgIpc) is 2.38. The van der Waals surface area contributed by atoms with Gasteiger partial charge in [0, 0.05) is 6.42 Å². The highest BCUT2D eigenvalue weighted by molar-refractivity contribution is 6.33. The summed E-state index contributed by atoms with van der Waals surface area (Å²) in [6, 6.07) is 7.71. The number of hydrogen-bond acceptors (Lipinski definition) is 3. The molecular weight excluding hydrogens is 266 g/mol. The third-order valence-corrected chi connectivity index (χ3v) is 2.88. The van der Waals surface area contributed by atoms with Gasteiger partial charge in [-0.3, -0.25) is 9.59 Å². The largest absolute Gasteiger partial charge is 0.368 e. The fourth-order valence-corrected chi connectivity index (χ4v) is 1.77. The molecule has 0 aliphatic carbocycles. The van der Waals surface area contributed by atoms with Crippen LogP contribution in [-0.2, 0) is 4.79 Å². The molecule has 0 aliphatic rings. The quantitative estimate of drug-likeness (QED) is 0.774. The molecule has 0 radical (unpaired) electrons. The summed E-state index contributed by atoms with van der Waals surface area (Å²) < 4.78 is 0. The maximum Gasteiger partial charge on any atom is 0.253 e. The Bertz CT molecular complexity index is 511. The zero-order valence-corrected chi connectivity index (χ0v) is 11.0. The minimum absolute atomic E-state index is 0.288. The van der Waals surface area contributed by atoms with Crippen LogP contribution in [0.2, 0.25) is 5.02 Å². The Morgan fingerprint density at radius 3 is 2.68 bits per heavy atom. The molecule has 0 heterocycles. The summed E-state index contributed by atoms with van der Waals surface area (Å²) in [6.07, 6.45) is 1.14. The van der Waals surface area contributed by atoms with Crippen molar-refractivity contribution in [2.24, 2.45) is 5.73 Å². The lowest BCUT2D eigenvalue weighted by molar-refractivity contribution is -0.120. The number of nitrogens with two attached hydrogens (primary N) is 1. The van der Waals surface area contributed by atoms with Crippen LogP contribution in [0.5, 0.6) is 0 Å². The normalized spacial score (nSPS) is 11.4. The lowest BCUT2D eigenvalue weighted by Gasteiger charge is -2.15. The topological polar surface area (TPSA) is 96.0 Å². The van der Waals surface area contributed by atoms with Crippen molar-refractivity contribution < 1.29 is 9.59 Å². The third kappa shape index (κ3) is 4.60. The summed E-state index contributed by atoms with van der Waals surface area (Å²) in [6.45, 7) is 0. The highest BCUT2D eigenvalue weighted by Crippen LogP contribution is 2.15. The van der Waals surface area contributed by atoms with E-state index in [1.165, 1.54) is 0 Å². The number of nitrogens with zero attached hydrogens (tertiary/aromatic N) is 1. The molecule has 2 amide bonds. The second-order valence-electron chi connectivity index (χ2n) is 3.96. The predicted octanol–water partition coefficient (Wildman–Crippen LogP) is 1.62. The van der Waals surface area contributed by atoms with Gasteiger partial charge >= 0.3 is 0 Å². The number of unbranched alkanes of at least 4 members (excludes halogenated alkanes) is 1. The van der Waals surface area contributed by atoms with Crippen molar-refractivity contribution >= 4 is 23.4 Å². The van der Waals surface area contributed by atoms with Crippen molar-refractivity contribution in [1.82, 2.24) is 5.32 Å². The molecule has 0 spiro atoms. The lowest BCUT2D eigenvalue weighted by atomic mass is 10.1. The molecule has 1 atom stereocenters. The van der Waals surface area contributed by atoms with E-state index >= 15 is 0 Å². The summed E-state index contributed by atoms with van der Waals surface area (Å²) in [4.78, 5) is 23.2. The second kappa shape index (κ2) is 7.39. The van der Waals surface area contributed by atoms with Crippen LogP contribution < -0.4 is 11.1 Å². The maximum absolute atomic E-state index is 11.9. The second-order valence-corrected chi connectivity index (χ2v) is 4.37. The summed E-state index contributed by atoms with van der Waals surface area (Å²) in [5, 5.41) is 11.3. The van der Waals surface area contributed by atoms with Crippen molar-refractivity contribution in [2.45, 2.75) is 25.3 Å². The van der Waals surface area contributed by atoms with E-state index in [1.54, 1.807) is 24.3 Å². The van der Waals surface area contributed by atoms with E-state index in [9.17, 15) is 9.59 Å². The van der Waals surface area contributed by atoms with E-state index in [2.05, 4.69) is 5.32 Å². The molecule has 19 heavy (non-hydrogen) atoms. The average molecular weight is 280 g/mol. The Morgan fingerprint density at radius 1 is 1.42 bits per heavy atom. The predicted molar refractivity (Wildman–Crippen MR) is 71.4 cm³/mol. The van der Waals surface area contributed by atoms with Gasteiger partial charge < -0.3 is 11.1 Å². The monoisotopic (exact) mass is 279 g/mol. The Morgan fingerprint density at radius 2 is 2.11 bits per heavy atom. The first kappa shape index (κ1) is 15.0. The van der Waals surface area contributed by atoms with Crippen molar-refractivity contribution in [2.75, 3.05) is 0 Å². The Balaban J connectivity index is 2.69. The number of rotatable bonds is 6. The number of amides is 2. The van der Waals surface area contributed by atoms with Crippen LogP contribution in [0.1, 0.15) is 29.6 Å². The Hall–Kier alpha value is -2.06. The van der Waals surface area contributed by atoms with Gasteiger partial charge in [0.05, 0.1) is 16.7 Å². The number of nitrogens with one attached hydrogen (secondary N) is 1. The molecule has 0 bridgehead atoms. The Kier molecular flexibility index (Phi) is 5.83. The van der Waals surface area contributed by atoms with Crippen molar-refractivity contribution in [3.05, 3.63) is 34.9 Å². The smallest absolute Gasteiger partial charge is 0.253 e. The van der Waals surface area contributed by atoms with Crippen LogP contribution in [0.4, 0.5) is 0 Å². The first-order valence-electron chi connectivity index (χ1n) is 5.78. The van der Waals surface area contributed by atoms with Crippen molar-refractivity contribution in [1.29, 1.82) is 5.26 Å². The minimum Gasteiger partial charge on any atom is -0.368 e. The number of carbonyl (C=O) groups excluding carboxylic acids is 2. The van der Waals surface area contributed by atoms with Crippen LogP contribution in [0.25, 0.3) is 0 Å². The third-order valence-electron chi connectivity index (χ3n) is 2.55. The number of nitriles is 1. The molecule has 1 aromatic carbocycles. The van der Waals surface area contributed by atoms with Gasteiger partial charge in [-0.15, -0.1) is 0 Å². The fraction of sp³-hybridized carbons (Fsp3) is 0.308. The molecule has 0 saturated heterocycles. The molecular formula is C13H14ClN3O2. The molecule has 0 saturated carbocycles. The summed E-state index contributed by atoms with van der Waals surface area (Å²) in [7, 11) is 0. The lowest BCUT2D eigenvalue weighted by Crippen LogP contribution is -2.44. The van der Waals surface area contributed by atoms with Crippen molar-refractivity contribution in [3.8, 4) is 6.07 Å². The van der Waals surface area contributed by atoms with Gasteiger partial charge in [-0.1, -0.05) is 23.7 Å². The zero-order valence-electron chi connectivity index (χ0n) is 10.2. The Labute approximate surface area is 116 Å². The van der Waals surface area contributed by atoms with E-state index in [0.29, 0.717) is 24.3 Å². The standard InChI is InChI=1S/C13H14ClN3O2/c14-10-6-2-1-5-9(10)13(19)17-11(12(16)18)7-3-4-8-15/h1-2,5-6,11H,3-4,7H2,(H2,16,18)(H,17,19)/t11-/m1/s1. The van der Waals surface area contributed by atoms with Crippen LogP contribution in [0.15, 0.2) is 24.3 Å². The number of primary amides is 1. The van der Waals surface area contributed by atoms with Crippen molar-refractivity contribution in [3.63, 3.8) is 0 Å². The van der Waals surface area contributed by atoms with E-state index in [-0.39, 0.29) is 5.56 Å². The van der Waals surface area contributed by atoms with E-state index in [4.69, 9.17) is 22.6 Å². The first-order chi connectivity index (χ1) is 9.06. The first-order valence-corrected chi connectivity index (χ1v) is 6.15.